The molecule has 1 atom stereocenters. The van der Waals surface area contributed by atoms with Crippen LogP contribution in [0.25, 0.3) is 0 Å². The number of hydrogen-bond donors (Lipinski definition) is 1. The summed E-state index contributed by atoms with van der Waals surface area (Å²) in [5.74, 6) is 0. The highest BCUT2D eigenvalue weighted by Gasteiger charge is 2.21. The second-order valence-electron chi connectivity index (χ2n) is 4.06. The fourth-order valence-electron chi connectivity index (χ4n) is 2.15. The number of rotatable bonds is 1. The first-order chi connectivity index (χ1) is 6.68. The zero-order chi connectivity index (χ0) is 10.1. The fraction of sp³-hybridized carbons (Fsp3) is 0.545. The first-order valence-corrected chi connectivity index (χ1v) is 5.11. The lowest BCUT2D eigenvalue weighted by Crippen LogP contribution is -2.27. The van der Waals surface area contributed by atoms with Crippen molar-refractivity contribution >= 4 is 5.69 Å². The normalized spacial score (nSPS) is 21.6. The van der Waals surface area contributed by atoms with Gasteiger partial charge < -0.3 is 10.6 Å². The average molecular weight is 191 g/mol. The van der Waals surface area contributed by atoms with E-state index in [4.69, 9.17) is 5.73 Å². The van der Waals surface area contributed by atoms with Gasteiger partial charge in [0, 0.05) is 25.3 Å². The van der Waals surface area contributed by atoms with Gasteiger partial charge in [0.1, 0.15) is 0 Å². The number of aromatic nitrogens is 1. The minimum Gasteiger partial charge on any atom is -0.368 e. The number of hydrogen-bond acceptors (Lipinski definition) is 3. The van der Waals surface area contributed by atoms with Gasteiger partial charge in [0.15, 0.2) is 0 Å². The van der Waals surface area contributed by atoms with Crippen molar-refractivity contribution in [3.63, 3.8) is 0 Å². The summed E-state index contributed by atoms with van der Waals surface area (Å²) in [6.45, 7) is 6.22. The van der Waals surface area contributed by atoms with Gasteiger partial charge in [0.25, 0.3) is 0 Å². The molecular formula is C11H17N3. The molecule has 1 aliphatic heterocycles. The van der Waals surface area contributed by atoms with Crippen LogP contribution in [-0.2, 0) is 0 Å². The predicted molar refractivity (Wildman–Crippen MR) is 58.5 cm³/mol. The minimum atomic E-state index is 0.328. The van der Waals surface area contributed by atoms with Crippen LogP contribution >= 0.6 is 0 Å². The van der Waals surface area contributed by atoms with Crippen LogP contribution in [0.2, 0.25) is 0 Å². The van der Waals surface area contributed by atoms with Gasteiger partial charge in [-0.2, -0.15) is 0 Å². The van der Waals surface area contributed by atoms with Crippen molar-refractivity contribution in [2.75, 3.05) is 18.0 Å². The second kappa shape index (κ2) is 3.58. The Morgan fingerprint density at radius 2 is 2.29 bits per heavy atom. The van der Waals surface area contributed by atoms with Crippen molar-refractivity contribution in [2.45, 2.75) is 26.3 Å². The predicted octanol–water partition coefficient (Wildman–Crippen LogP) is 1.24. The van der Waals surface area contributed by atoms with Crippen LogP contribution in [0.3, 0.4) is 0 Å². The Morgan fingerprint density at radius 3 is 2.86 bits per heavy atom. The van der Waals surface area contributed by atoms with Crippen molar-refractivity contribution in [1.82, 2.24) is 4.98 Å². The van der Waals surface area contributed by atoms with Crippen molar-refractivity contribution in [3.8, 4) is 0 Å². The van der Waals surface area contributed by atoms with Gasteiger partial charge in [-0.3, -0.25) is 4.98 Å². The Kier molecular flexibility index (Phi) is 2.42. The Bertz CT molecular complexity index is 315. The summed E-state index contributed by atoms with van der Waals surface area (Å²) in [5, 5.41) is 0. The Balaban J connectivity index is 2.31. The van der Waals surface area contributed by atoms with E-state index in [1.807, 2.05) is 6.20 Å². The minimum absolute atomic E-state index is 0.328. The molecule has 0 spiro atoms. The number of nitrogens with two attached hydrogens (primary N) is 1. The molecule has 1 saturated heterocycles. The molecule has 1 aromatic rings. The highest BCUT2D eigenvalue weighted by molar-refractivity contribution is 5.57. The maximum Gasteiger partial charge on any atom is 0.0612 e. The summed E-state index contributed by atoms with van der Waals surface area (Å²) < 4.78 is 0. The first kappa shape index (κ1) is 9.46. The summed E-state index contributed by atoms with van der Waals surface area (Å²) in [5.41, 5.74) is 9.59. The molecule has 2 heterocycles. The number of pyridine rings is 1. The summed E-state index contributed by atoms with van der Waals surface area (Å²) >= 11 is 0. The van der Waals surface area contributed by atoms with E-state index in [9.17, 15) is 0 Å². The van der Waals surface area contributed by atoms with Gasteiger partial charge in [0.05, 0.1) is 11.4 Å². The van der Waals surface area contributed by atoms with Crippen molar-refractivity contribution in [3.05, 3.63) is 23.5 Å². The molecule has 1 unspecified atom stereocenters. The first-order valence-electron chi connectivity index (χ1n) is 5.11. The highest BCUT2D eigenvalue weighted by atomic mass is 15.2. The van der Waals surface area contributed by atoms with Gasteiger partial charge in [-0.1, -0.05) is 0 Å². The summed E-state index contributed by atoms with van der Waals surface area (Å²) in [7, 11) is 0. The topological polar surface area (TPSA) is 42.2 Å². The maximum absolute atomic E-state index is 5.90. The molecule has 3 nitrogen and oxygen atoms in total. The Labute approximate surface area is 84.9 Å². The quantitative estimate of drug-likeness (QED) is 0.726. The zero-order valence-corrected chi connectivity index (χ0v) is 8.83. The van der Waals surface area contributed by atoms with Crippen LogP contribution in [0.15, 0.2) is 12.3 Å². The Morgan fingerprint density at radius 1 is 1.50 bits per heavy atom. The van der Waals surface area contributed by atoms with Gasteiger partial charge in [-0.15, -0.1) is 0 Å². The van der Waals surface area contributed by atoms with Gasteiger partial charge in [-0.05, 0) is 31.9 Å². The molecule has 0 saturated carbocycles. The number of aryl methyl sites for hydroxylation is 2. The van der Waals surface area contributed by atoms with Crippen molar-refractivity contribution in [1.29, 1.82) is 0 Å². The molecule has 0 aliphatic carbocycles. The summed E-state index contributed by atoms with van der Waals surface area (Å²) in [4.78, 5) is 6.68. The molecule has 0 bridgehead atoms. The van der Waals surface area contributed by atoms with Gasteiger partial charge in [-0.25, -0.2) is 0 Å². The highest BCUT2D eigenvalue weighted by Crippen LogP contribution is 2.25. The summed E-state index contributed by atoms with van der Waals surface area (Å²) in [6, 6.07) is 2.39. The molecule has 0 aromatic carbocycles. The lowest BCUT2D eigenvalue weighted by Gasteiger charge is -2.21. The van der Waals surface area contributed by atoms with Crippen LogP contribution in [0, 0.1) is 13.8 Å². The summed E-state index contributed by atoms with van der Waals surface area (Å²) in [6.07, 6.45) is 2.96. The molecule has 0 amide bonds. The molecule has 2 rings (SSSR count). The molecule has 76 valence electrons. The lowest BCUT2D eigenvalue weighted by atomic mass is 10.2. The molecule has 3 heteroatoms. The van der Waals surface area contributed by atoms with E-state index in [-0.39, 0.29) is 0 Å². The van der Waals surface area contributed by atoms with Crippen LogP contribution in [-0.4, -0.2) is 24.1 Å². The molecule has 1 aromatic heterocycles. The number of nitrogens with zero attached hydrogens (tertiary/aromatic N) is 2. The molecule has 1 fully saturated rings. The standard InChI is InChI=1S/C11H17N3/c1-8-3-5-13-9(2)11(8)14-6-4-10(12)7-14/h3,5,10H,4,6-7,12H2,1-2H3. The third-order valence-corrected chi connectivity index (χ3v) is 2.85. The van der Waals surface area contributed by atoms with Gasteiger partial charge in [0.2, 0.25) is 0 Å². The van der Waals surface area contributed by atoms with Crippen LogP contribution < -0.4 is 10.6 Å². The third-order valence-electron chi connectivity index (χ3n) is 2.85. The van der Waals surface area contributed by atoms with Crippen LogP contribution in [0.5, 0.6) is 0 Å². The average Bonchev–Trinajstić information content (AvgIpc) is 2.51. The molecule has 0 radical (unpaired) electrons. The molecular weight excluding hydrogens is 174 g/mol. The van der Waals surface area contributed by atoms with Crippen molar-refractivity contribution in [2.24, 2.45) is 5.73 Å². The largest absolute Gasteiger partial charge is 0.368 e. The number of anilines is 1. The van der Waals surface area contributed by atoms with E-state index in [0.29, 0.717) is 6.04 Å². The van der Waals surface area contributed by atoms with Gasteiger partial charge >= 0.3 is 0 Å². The lowest BCUT2D eigenvalue weighted by molar-refractivity contribution is 0.752. The fourth-order valence-corrected chi connectivity index (χ4v) is 2.15. The van der Waals surface area contributed by atoms with E-state index in [1.165, 1.54) is 11.3 Å². The van der Waals surface area contributed by atoms with E-state index >= 15 is 0 Å². The molecule has 1 aliphatic rings. The molecule has 14 heavy (non-hydrogen) atoms. The smallest absolute Gasteiger partial charge is 0.0612 e. The van der Waals surface area contributed by atoms with E-state index in [0.717, 1.165) is 25.2 Å². The zero-order valence-electron chi connectivity index (χ0n) is 8.83. The SMILES string of the molecule is Cc1ccnc(C)c1N1CCC(N)C1. The molecule has 2 N–H and O–H groups in total. The van der Waals surface area contributed by atoms with E-state index in [1.54, 1.807) is 0 Å². The Hall–Kier alpha value is -1.09. The second-order valence-corrected chi connectivity index (χ2v) is 4.06. The van der Waals surface area contributed by atoms with E-state index < -0.39 is 0 Å². The van der Waals surface area contributed by atoms with E-state index in [2.05, 4.69) is 29.8 Å². The van der Waals surface area contributed by atoms with Crippen LogP contribution in [0.1, 0.15) is 17.7 Å². The monoisotopic (exact) mass is 191 g/mol. The van der Waals surface area contributed by atoms with Crippen LogP contribution in [0.4, 0.5) is 5.69 Å². The third kappa shape index (κ3) is 1.60. The maximum atomic E-state index is 5.90. The van der Waals surface area contributed by atoms with Crippen molar-refractivity contribution < 1.29 is 0 Å².